The number of carbonyl (C=O) groups is 1. The summed E-state index contributed by atoms with van der Waals surface area (Å²) in [5, 5.41) is 2.48. The fraction of sp³-hybridized carbons (Fsp3) is 0.118. The summed E-state index contributed by atoms with van der Waals surface area (Å²) in [4.78, 5) is 11.2. The number of ether oxygens (including phenoxy) is 1. The average molecular weight is 363 g/mol. The minimum Gasteiger partial charge on any atom is -0.488 e. The van der Waals surface area contributed by atoms with E-state index >= 15 is 0 Å². The van der Waals surface area contributed by atoms with E-state index in [1.54, 1.807) is 6.07 Å². The van der Waals surface area contributed by atoms with E-state index in [9.17, 15) is 17.6 Å². The maximum atomic E-state index is 13.2. The van der Waals surface area contributed by atoms with Gasteiger partial charge in [-0.25, -0.2) is 4.39 Å². The molecule has 1 aliphatic heterocycles. The molecule has 1 amide bonds. The van der Waals surface area contributed by atoms with Crippen LogP contribution in [-0.2, 0) is 14.9 Å². The molecule has 1 heterocycles. The predicted octanol–water partition coefficient (Wildman–Crippen LogP) is 2.12. The molecule has 2 aromatic rings. The van der Waals surface area contributed by atoms with Crippen molar-refractivity contribution in [2.45, 2.75) is 4.90 Å². The van der Waals surface area contributed by atoms with E-state index in [1.807, 2.05) is 0 Å². The monoisotopic (exact) mass is 363 g/mol. The molecule has 130 valence electrons. The fourth-order valence-electron chi connectivity index (χ4n) is 2.32. The molecule has 3 rings (SSSR count). The summed E-state index contributed by atoms with van der Waals surface area (Å²) in [5.74, 6) is -0.502. The zero-order chi connectivity index (χ0) is 18.0. The minimum absolute atomic E-state index is 0.0317. The number of fused-ring (bicyclic) bond motifs is 1. The number of amides is 1. The average Bonchev–Trinajstić information content (AvgIpc) is 2.96. The molecule has 0 spiro atoms. The van der Waals surface area contributed by atoms with Crippen LogP contribution in [0.3, 0.4) is 0 Å². The number of nitrogens with one attached hydrogen (secondary N) is 1. The molecule has 8 heteroatoms. The van der Waals surface area contributed by atoms with Crippen molar-refractivity contribution in [3.8, 4) is 11.5 Å². The standard InChI is InChI=1S/C17H14FNO5S/c1-19-17(20)7-11-10-23-16-9-13(5-6-15(11)16)24-25(21,22)14-4-2-3-12(18)8-14/h2-9H,10H2,1H3,(H,19,20)/b11-7-. The fourth-order valence-corrected chi connectivity index (χ4v) is 3.27. The Hall–Kier alpha value is -2.87. The van der Waals surface area contributed by atoms with Crippen LogP contribution >= 0.6 is 0 Å². The van der Waals surface area contributed by atoms with Gasteiger partial charge in [0.1, 0.15) is 28.8 Å². The number of likely N-dealkylation sites (N-methyl/N-ethyl adjacent to an activating group) is 1. The van der Waals surface area contributed by atoms with Gasteiger partial charge in [-0.3, -0.25) is 4.79 Å². The van der Waals surface area contributed by atoms with Crippen LogP contribution in [0.4, 0.5) is 4.39 Å². The van der Waals surface area contributed by atoms with Crippen LogP contribution in [0.5, 0.6) is 11.5 Å². The molecular formula is C17H14FNO5S. The van der Waals surface area contributed by atoms with Crippen LogP contribution in [0.1, 0.15) is 5.56 Å². The van der Waals surface area contributed by atoms with E-state index in [0.717, 1.165) is 12.1 Å². The molecule has 2 aromatic carbocycles. The van der Waals surface area contributed by atoms with Crippen molar-refractivity contribution in [1.82, 2.24) is 5.32 Å². The third-order valence-corrected chi connectivity index (χ3v) is 4.77. The van der Waals surface area contributed by atoms with E-state index in [0.29, 0.717) is 16.9 Å². The highest BCUT2D eigenvalue weighted by atomic mass is 32.2. The predicted molar refractivity (Wildman–Crippen MR) is 88.2 cm³/mol. The van der Waals surface area contributed by atoms with Crippen LogP contribution < -0.4 is 14.2 Å². The maximum Gasteiger partial charge on any atom is 0.339 e. The summed E-state index contributed by atoms with van der Waals surface area (Å²) in [5.41, 5.74) is 1.35. The smallest absolute Gasteiger partial charge is 0.339 e. The second kappa shape index (κ2) is 6.56. The molecule has 0 bridgehead atoms. The van der Waals surface area contributed by atoms with Crippen molar-refractivity contribution in [3.05, 3.63) is 59.9 Å². The molecule has 0 saturated carbocycles. The summed E-state index contributed by atoms with van der Waals surface area (Å²) >= 11 is 0. The number of halogens is 1. The lowest BCUT2D eigenvalue weighted by Crippen LogP contribution is -2.15. The van der Waals surface area contributed by atoms with Gasteiger partial charge in [0.25, 0.3) is 0 Å². The topological polar surface area (TPSA) is 81.7 Å². The van der Waals surface area contributed by atoms with E-state index in [1.165, 1.54) is 37.4 Å². The van der Waals surface area contributed by atoms with Crippen molar-refractivity contribution in [2.75, 3.05) is 13.7 Å². The van der Waals surface area contributed by atoms with Crippen molar-refractivity contribution in [1.29, 1.82) is 0 Å². The summed E-state index contributed by atoms with van der Waals surface area (Å²) in [6.45, 7) is 0.197. The van der Waals surface area contributed by atoms with Crippen LogP contribution in [0.15, 0.2) is 53.4 Å². The van der Waals surface area contributed by atoms with Crippen molar-refractivity contribution in [2.24, 2.45) is 0 Å². The first-order valence-electron chi connectivity index (χ1n) is 7.28. The third kappa shape index (κ3) is 3.63. The first kappa shape index (κ1) is 17.0. The van der Waals surface area contributed by atoms with Gasteiger partial charge in [0.05, 0.1) is 0 Å². The van der Waals surface area contributed by atoms with E-state index in [-0.39, 0.29) is 23.2 Å². The number of carbonyl (C=O) groups excluding carboxylic acids is 1. The Kier molecular flexibility index (Phi) is 4.45. The zero-order valence-electron chi connectivity index (χ0n) is 13.2. The Morgan fingerprint density at radius 2 is 2.08 bits per heavy atom. The molecule has 1 N–H and O–H groups in total. The van der Waals surface area contributed by atoms with Gasteiger partial charge in [-0.05, 0) is 30.3 Å². The molecule has 0 unspecified atom stereocenters. The van der Waals surface area contributed by atoms with Gasteiger partial charge in [0, 0.05) is 30.3 Å². The zero-order valence-corrected chi connectivity index (χ0v) is 14.0. The lowest BCUT2D eigenvalue weighted by molar-refractivity contribution is -0.116. The third-order valence-electron chi connectivity index (χ3n) is 3.52. The second-order valence-electron chi connectivity index (χ2n) is 5.23. The van der Waals surface area contributed by atoms with E-state index in [4.69, 9.17) is 8.92 Å². The molecule has 0 radical (unpaired) electrons. The maximum absolute atomic E-state index is 13.2. The summed E-state index contributed by atoms with van der Waals surface area (Å²) < 4.78 is 48.1. The highest BCUT2D eigenvalue weighted by molar-refractivity contribution is 7.87. The van der Waals surface area contributed by atoms with Gasteiger partial charge < -0.3 is 14.2 Å². The number of benzene rings is 2. The molecule has 0 aliphatic carbocycles. The Balaban J connectivity index is 1.87. The summed E-state index contributed by atoms with van der Waals surface area (Å²) in [6.07, 6.45) is 1.41. The quantitative estimate of drug-likeness (QED) is 0.665. The van der Waals surface area contributed by atoms with Gasteiger partial charge in [-0.1, -0.05) is 6.07 Å². The summed E-state index contributed by atoms with van der Waals surface area (Å²) in [7, 11) is -2.65. The number of rotatable bonds is 4. The Bertz CT molecular complexity index is 969. The van der Waals surface area contributed by atoms with Crippen molar-refractivity contribution >= 4 is 21.6 Å². The molecule has 0 fully saturated rings. The largest absolute Gasteiger partial charge is 0.488 e. The highest BCUT2D eigenvalue weighted by Crippen LogP contribution is 2.36. The van der Waals surface area contributed by atoms with E-state index < -0.39 is 15.9 Å². The first-order valence-corrected chi connectivity index (χ1v) is 8.69. The molecule has 0 atom stereocenters. The molecule has 0 aromatic heterocycles. The second-order valence-corrected chi connectivity index (χ2v) is 6.77. The Morgan fingerprint density at radius 1 is 1.28 bits per heavy atom. The Morgan fingerprint density at radius 3 is 2.80 bits per heavy atom. The van der Waals surface area contributed by atoms with Crippen LogP contribution in [0.2, 0.25) is 0 Å². The lowest BCUT2D eigenvalue weighted by atomic mass is 10.1. The number of hydrogen-bond acceptors (Lipinski definition) is 5. The van der Waals surface area contributed by atoms with Gasteiger partial charge in [0.15, 0.2) is 0 Å². The van der Waals surface area contributed by atoms with Crippen LogP contribution in [0, 0.1) is 5.82 Å². The molecule has 1 aliphatic rings. The van der Waals surface area contributed by atoms with Gasteiger partial charge in [-0.15, -0.1) is 0 Å². The molecule has 0 saturated heterocycles. The van der Waals surface area contributed by atoms with Gasteiger partial charge in [0.2, 0.25) is 5.91 Å². The molecule has 25 heavy (non-hydrogen) atoms. The lowest BCUT2D eigenvalue weighted by Gasteiger charge is -2.08. The Labute approximate surface area is 144 Å². The van der Waals surface area contributed by atoms with Gasteiger partial charge >= 0.3 is 10.1 Å². The minimum atomic E-state index is -4.16. The van der Waals surface area contributed by atoms with Crippen molar-refractivity contribution < 1.29 is 26.5 Å². The highest BCUT2D eigenvalue weighted by Gasteiger charge is 2.22. The van der Waals surface area contributed by atoms with Crippen LogP contribution in [0.25, 0.3) is 5.57 Å². The van der Waals surface area contributed by atoms with Gasteiger partial charge in [-0.2, -0.15) is 8.42 Å². The normalized spacial score (nSPS) is 14.7. The molecular weight excluding hydrogens is 349 g/mol. The van der Waals surface area contributed by atoms with E-state index in [2.05, 4.69) is 5.32 Å². The SMILES string of the molecule is CNC(=O)/C=C1/COc2cc(OS(=O)(=O)c3cccc(F)c3)ccc21. The van der Waals surface area contributed by atoms with Crippen LogP contribution in [-0.4, -0.2) is 28.0 Å². The summed E-state index contributed by atoms with van der Waals surface area (Å²) in [6, 6.07) is 9.01. The molecule has 6 nitrogen and oxygen atoms in total. The number of hydrogen-bond donors (Lipinski definition) is 1. The van der Waals surface area contributed by atoms with Crippen molar-refractivity contribution in [3.63, 3.8) is 0 Å². The first-order chi connectivity index (χ1) is 11.9.